The van der Waals surface area contributed by atoms with Crippen LogP contribution >= 0.6 is 11.6 Å². The zero-order valence-corrected chi connectivity index (χ0v) is 13.5. The first kappa shape index (κ1) is 17.2. The minimum absolute atomic E-state index is 0.00209. The number of carbonyl (C=O) groups is 1. The van der Waals surface area contributed by atoms with E-state index >= 15 is 0 Å². The molecule has 1 heterocycles. The van der Waals surface area contributed by atoms with Crippen molar-refractivity contribution in [3.8, 4) is 0 Å². The van der Waals surface area contributed by atoms with Crippen LogP contribution in [0.2, 0.25) is 5.02 Å². The summed E-state index contributed by atoms with van der Waals surface area (Å²) < 4.78 is 1.19. The van der Waals surface area contributed by atoms with E-state index in [2.05, 4.69) is 22.3 Å². The van der Waals surface area contributed by atoms with Crippen molar-refractivity contribution in [1.29, 1.82) is 0 Å². The highest BCUT2D eigenvalue weighted by atomic mass is 35.5. The third kappa shape index (κ3) is 4.90. The summed E-state index contributed by atoms with van der Waals surface area (Å²) in [4.78, 5) is 23.9. The fourth-order valence-corrected chi connectivity index (χ4v) is 1.80. The van der Waals surface area contributed by atoms with Crippen molar-refractivity contribution in [2.75, 3.05) is 5.32 Å². The zero-order chi connectivity index (χ0) is 16.2. The molecule has 0 fully saturated rings. The molecule has 0 aliphatic carbocycles. The number of aromatic nitrogens is 2. The fourth-order valence-electron chi connectivity index (χ4n) is 1.59. The number of anilines is 1. The molecule has 0 aliphatic heterocycles. The van der Waals surface area contributed by atoms with Gasteiger partial charge in [-0.05, 0) is 27.7 Å². The molecule has 1 atom stereocenters. The number of nitrogens with one attached hydrogen (secondary N) is 2. The van der Waals surface area contributed by atoms with Crippen molar-refractivity contribution in [2.45, 2.75) is 45.8 Å². The van der Waals surface area contributed by atoms with Gasteiger partial charge in [-0.15, -0.1) is 6.58 Å². The van der Waals surface area contributed by atoms with Crippen molar-refractivity contribution in [3.05, 3.63) is 34.2 Å². The summed E-state index contributed by atoms with van der Waals surface area (Å²) >= 11 is 6.01. The van der Waals surface area contributed by atoms with E-state index in [0.29, 0.717) is 5.69 Å². The van der Waals surface area contributed by atoms with Crippen LogP contribution in [0.15, 0.2) is 23.6 Å². The lowest BCUT2D eigenvalue weighted by Gasteiger charge is -2.24. The number of hydrogen-bond donors (Lipinski definition) is 2. The molecule has 0 aromatic carbocycles. The molecule has 21 heavy (non-hydrogen) atoms. The molecule has 116 valence electrons. The van der Waals surface area contributed by atoms with Crippen molar-refractivity contribution in [3.63, 3.8) is 0 Å². The Balaban J connectivity index is 2.89. The molecule has 1 unspecified atom stereocenters. The minimum Gasteiger partial charge on any atom is -0.371 e. The molecule has 0 aliphatic rings. The summed E-state index contributed by atoms with van der Waals surface area (Å²) in [5, 5.41) is 9.71. The Morgan fingerprint density at radius 1 is 1.57 bits per heavy atom. The Bertz CT molecular complexity index is 590. The van der Waals surface area contributed by atoms with E-state index in [9.17, 15) is 9.59 Å². The highest BCUT2D eigenvalue weighted by Crippen LogP contribution is 2.16. The van der Waals surface area contributed by atoms with Gasteiger partial charge in [0.1, 0.15) is 11.1 Å². The third-order valence-electron chi connectivity index (χ3n) is 2.55. The molecule has 1 amide bonds. The predicted molar refractivity (Wildman–Crippen MR) is 84.7 cm³/mol. The molecule has 1 rings (SSSR count). The summed E-state index contributed by atoms with van der Waals surface area (Å²) in [7, 11) is 0. The van der Waals surface area contributed by atoms with Crippen LogP contribution in [0.1, 0.15) is 27.7 Å². The maximum absolute atomic E-state index is 12.0. The Labute approximate surface area is 129 Å². The standard InChI is InChI=1S/C14H21ClN4O2/c1-6-7-19-13(21)11(15)10(8-16-19)17-9(2)12(20)18-14(3,4)5/h6,8-9,17H,1,7H2,2-5H3,(H,18,20). The number of carbonyl (C=O) groups excluding carboxylic acids is 1. The number of amides is 1. The summed E-state index contributed by atoms with van der Waals surface area (Å²) in [5.74, 6) is -0.186. The van der Waals surface area contributed by atoms with Gasteiger partial charge in [-0.3, -0.25) is 9.59 Å². The lowest BCUT2D eigenvalue weighted by Crippen LogP contribution is -2.47. The maximum Gasteiger partial charge on any atom is 0.287 e. The Morgan fingerprint density at radius 2 is 2.19 bits per heavy atom. The lowest BCUT2D eigenvalue weighted by atomic mass is 10.1. The summed E-state index contributed by atoms with van der Waals surface area (Å²) in [5.41, 5.74) is -0.425. The van der Waals surface area contributed by atoms with Gasteiger partial charge in [0.25, 0.3) is 5.56 Å². The van der Waals surface area contributed by atoms with E-state index < -0.39 is 11.6 Å². The summed E-state index contributed by atoms with van der Waals surface area (Å²) in [6.45, 7) is 11.2. The average molecular weight is 313 g/mol. The smallest absolute Gasteiger partial charge is 0.287 e. The lowest BCUT2D eigenvalue weighted by molar-refractivity contribution is -0.122. The maximum atomic E-state index is 12.0. The molecule has 0 spiro atoms. The SMILES string of the molecule is C=CCn1ncc(NC(C)C(=O)NC(C)(C)C)c(Cl)c1=O. The largest absolute Gasteiger partial charge is 0.371 e. The summed E-state index contributed by atoms with van der Waals surface area (Å²) in [6.07, 6.45) is 2.98. The molecular weight excluding hydrogens is 292 g/mol. The third-order valence-corrected chi connectivity index (χ3v) is 2.92. The van der Waals surface area contributed by atoms with Gasteiger partial charge in [-0.25, -0.2) is 4.68 Å². The van der Waals surface area contributed by atoms with E-state index in [0.717, 1.165) is 0 Å². The normalized spacial score (nSPS) is 12.6. The molecule has 0 radical (unpaired) electrons. The number of rotatable bonds is 5. The van der Waals surface area contributed by atoms with Crippen molar-refractivity contribution >= 4 is 23.2 Å². The van der Waals surface area contributed by atoms with Gasteiger partial charge in [-0.1, -0.05) is 17.7 Å². The molecule has 1 aromatic rings. The number of halogens is 1. The van der Waals surface area contributed by atoms with Crippen LogP contribution in [-0.2, 0) is 11.3 Å². The van der Waals surface area contributed by atoms with Gasteiger partial charge in [0.15, 0.2) is 0 Å². The topological polar surface area (TPSA) is 76.0 Å². The average Bonchev–Trinajstić information content (AvgIpc) is 2.36. The van der Waals surface area contributed by atoms with Crippen molar-refractivity contribution in [1.82, 2.24) is 15.1 Å². The summed E-state index contributed by atoms with van der Waals surface area (Å²) in [6, 6.07) is -0.543. The first-order valence-corrected chi connectivity index (χ1v) is 6.98. The first-order chi connectivity index (χ1) is 9.65. The first-order valence-electron chi connectivity index (χ1n) is 6.61. The second kappa shape index (κ2) is 6.76. The van der Waals surface area contributed by atoms with E-state index in [1.807, 2.05) is 20.8 Å². The Kier molecular flexibility index (Phi) is 5.54. The van der Waals surface area contributed by atoms with Crippen LogP contribution in [0, 0.1) is 0 Å². The van der Waals surface area contributed by atoms with Crippen LogP contribution in [-0.4, -0.2) is 27.3 Å². The predicted octanol–water partition coefficient (Wildman–Crippen LogP) is 1.80. The van der Waals surface area contributed by atoms with Gasteiger partial charge >= 0.3 is 0 Å². The van der Waals surface area contributed by atoms with Crippen LogP contribution in [0.4, 0.5) is 5.69 Å². The Morgan fingerprint density at radius 3 is 2.71 bits per heavy atom. The molecule has 1 aromatic heterocycles. The number of hydrogen-bond acceptors (Lipinski definition) is 4. The van der Waals surface area contributed by atoms with Gasteiger partial charge in [0, 0.05) is 5.54 Å². The fraction of sp³-hybridized carbons (Fsp3) is 0.500. The second-order valence-corrected chi connectivity index (χ2v) is 6.13. The van der Waals surface area contributed by atoms with E-state index in [4.69, 9.17) is 11.6 Å². The van der Waals surface area contributed by atoms with Crippen LogP contribution in [0.5, 0.6) is 0 Å². The number of allylic oxidation sites excluding steroid dienone is 1. The van der Waals surface area contributed by atoms with Crippen LogP contribution < -0.4 is 16.2 Å². The highest BCUT2D eigenvalue weighted by Gasteiger charge is 2.20. The molecule has 6 nitrogen and oxygen atoms in total. The Hall–Kier alpha value is -1.82. The molecular formula is C14H21ClN4O2. The van der Waals surface area contributed by atoms with E-state index in [1.165, 1.54) is 10.9 Å². The van der Waals surface area contributed by atoms with Crippen LogP contribution in [0.3, 0.4) is 0 Å². The molecule has 2 N–H and O–H groups in total. The van der Waals surface area contributed by atoms with Gasteiger partial charge < -0.3 is 10.6 Å². The van der Waals surface area contributed by atoms with Crippen molar-refractivity contribution in [2.24, 2.45) is 0 Å². The van der Waals surface area contributed by atoms with Gasteiger partial charge in [-0.2, -0.15) is 5.10 Å². The molecule has 0 saturated heterocycles. The van der Waals surface area contributed by atoms with Gasteiger partial charge in [0.2, 0.25) is 5.91 Å². The molecule has 7 heteroatoms. The van der Waals surface area contributed by atoms with Gasteiger partial charge in [0.05, 0.1) is 18.4 Å². The van der Waals surface area contributed by atoms with Crippen molar-refractivity contribution < 1.29 is 4.79 Å². The monoisotopic (exact) mass is 312 g/mol. The quantitative estimate of drug-likeness (QED) is 0.813. The zero-order valence-electron chi connectivity index (χ0n) is 12.7. The highest BCUT2D eigenvalue weighted by molar-refractivity contribution is 6.33. The molecule has 0 saturated carbocycles. The van der Waals surface area contributed by atoms with E-state index in [1.54, 1.807) is 13.0 Å². The molecule has 0 bridgehead atoms. The number of nitrogens with zero attached hydrogens (tertiary/aromatic N) is 2. The van der Waals surface area contributed by atoms with E-state index in [-0.39, 0.29) is 23.0 Å². The second-order valence-electron chi connectivity index (χ2n) is 5.75. The minimum atomic E-state index is -0.543. The van der Waals surface area contributed by atoms with Crippen LogP contribution in [0.25, 0.3) is 0 Å².